The van der Waals surface area contributed by atoms with E-state index in [1.54, 1.807) is 25.0 Å². The van der Waals surface area contributed by atoms with Crippen molar-refractivity contribution in [1.29, 1.82) is 0 Å². The second-order valence-electron chi connectivity index (χ2n) is 4.51. The lowest BCUT2D eigenvalue weighted by Gasteiger charge is -2.12. The first-order valence-electron chi connectivity index (χ1n) is 5.88. The summed E-state index contributed by atoms with van der Waals surface area (Å²) < 4.78 is 4.73. The van der Waals surface area contributed by atoms with Crippen molar-refractivity contribution in [3.63, 3.8) is 0 Å². The number of nitrogens with one attached hydrogen (secondary N) is 1. The molecule has 98 valence electrons. The van der Waals surface area contributed by atoms with E-state index in [1.165, 1.54) is 7.11 Å². The van der Waals surface area contributed by atoms with Gasteiger partial charge in [0, 0.05) is 19.0 Å². The Morgan fingerprint density at radius 3 is 3.00 bits per heavy atom. The fourth-order valence-electron chi connectivity index (χ4n) is 1.70. The fourth-order valence-corrected chi connectivity index (χ4v) is 2.85. The van der Waals surface area contributed by atoms with Crippen LogP contribution in [0.3, 0.4) is 0 Å². The number of hydrogen-bond acceptors (Lipinski definition) is 6. The number of methoxy groups -OCH3 is 1. The largest absolute Gasteiger partial charge is 0.469 e. The molecule has 1 aliphatic carbocycles. The van der Waals surface area contributed by atoms with Crippen LogP contribution >= 0.6 is 11.8 Å². The van der Waals surface area contributed by atoms with E-state index in [9.17, 15) is 4.79 Å². The number of nitrogens with zero attached hydrogens (tertiary/aromatic N) is 2. The zero-order valence-corrected chi connectivity index (χ0v) is 11.4. The number of carbonyl (C=O) groups is 1. The van der Waals surface area contributed by atoms with Gasteiger partial charge in [0.1, 0.15) is 5.03 Å². The van der Waals surface area contributed by atoms with Crippen LogP contribution < -0.4 is 5.32 Å². The van der Waals surface area contributed by atoms with Gasteiger partial charge in [-0.1, -0.05) is 0 Å². The zero-order valence-electron chi connectivity index (χ0n) is 10.6. The van der Waals surface area contributed by atoms with Gasteiger partial charge in [0.05, 0.1) is 13.5 Å². The molecule has 0 radical (unpaired) electrons. The van der Waals surface area contributed by atoms with Crippen molar-refractivity contribution in [1.82, 2.24) is 9.97 Å². The van der Waals surface area contributed by atoms with Gasteiger partial charge in [0.25, 0.3) is 0 Å². The third-order valence-electron chi connectivity index (χ3n) is 3.08. The molecule has 0 bridgehead atoms. The molecular weight excluding hydrogens is 250 g/mol. The Morgan fingerprint density at radius 1 is 1.61 bits per heavy atom. The van der Waals surface area contributed by atoms with E-state index in [2.05, 4.69) is 15.3 Å². The molecule has 6 heteroatoms. The summed E-state index contributed by atoms with van der Waals surface area (Å²) in [6.07, 6.45) is 4.44. The van der Waals surface area contributed by atoms with Crippen molar-refractivity contribution >= 4 is 23.7 Å². The highest BCUT2D eigenvalue weighted by molar-refractivity contribution is 7.99. The summed E-state index contributed by atoms with van der Waals surface area (Å²) in [5, 5.41) is 3.85. The predicted molar refractivity (Wildman–Crippen MR) is 70.6 cm³/mol. The minimum absolute atomic E-state index is 0.119. The molecule has 1 aliphatic rings. The highest BCUT2D eigenvalue weighted by Crippen LogP contribution is 2.51. The summed E-state index contributed by atoms with van der Waals surface area (Å²) in [6.45, 7) is 0. The average Bonchev–Trinajstić information content (AvgIpc) is 3.17. The maximum atomic E-state index is 11.3. The third kappa shape index (κ3) is 3.35. The number of carbonyl (C=O) groups excluding carboxylic acids is 1. The second kappa shape index (κ2) is 5.56. The molecule has 1 saturated carbocycles. The molecule has 0 aliphatic heterocycles. The molecule has 1 fully saturated rings. The maximum Gasteiger partial charge on any atom is 0.306 e. The molecular formula is C12H17N3O2S. The Bertz CT molecular complexity index is 435. The first-order chi connectivity index (χ1) is 8.67. The average molecular weight is 267 g/mol. The summed E-state index contributed by atoms with van der Waals surface area (Å²) in [7, 11) is 3.23. The first-order valence-corrected chi connectivity index (χ1v) is 6.86. The third-order valence-corrected chi connectivity index (χ3v) is 4.36. The number of aromatic nitrogens is 2. The highest BCUT2D eigenvalue weighted by Gasteiger charge is 2.44. The van der Waals surface area contributed by atoms with Crippen LogP contribution in [-0.4, -0.2) is 35.8 Å². The molecule has 5 nitrogen and oxygen atoms in total. The molecule has 0 aromatic carbocycles. The first kappa shape index (κ1) is 13.1. The lowest BCUT2D eigenvalue weighted by atomic mass is 10.1. The number of rotatable bonds is 6. The number of thioether (sulfide) groups is 1. The molecule has 1 N–H and O–H groups in total. The summed E-state index contributed by atoms with van der Waals surface area (Å²) in [5.41, 5.74) is 0.127. The molecule has 1 heterocycles. The second-order valence-corrected chi connectivity index (χ2v) is 5.51. The van der Waals surface area contributed by atoms with Gasteiger partial charge in [-0.3, -0.25) is 4.79 Å². The van der Waals surface area contributed by atoms with Crippen molar-refractivity contribution in [3.8, 4) is 0 Å². The van der Waals surface area contributed by atoms with E-state index >= 15 is 0 Å². The summed E-state index contributed by atoms with van der Waals surface area (Å²) in [5.74, 6) is 1.41. The van der Waals surface area contributed by atoms with Crippen LogP contribution in [0.1, 0.15) is 19.3 Å². The molecule has 0 saturated heterocycles. The van der Waals surface area contributed by atoms with Crippen LogP contribution in [0, 0.1) is 5.41 Å². The van der Waals surface area contributed by atoms with Crippen molar-refractivity contribution < 1.29 is 9.53 Å². The van der Waals surface area contributed by atoms with E-state index in [4.69, 9.17) is 4.74 Å². The van der Waals surface area contributed by atoms with E-state index in [0.29, 0.717) is 12.4 Å². The van der Waals surface area contributed by atoms with E-state index in [1.807, 2.05) is 6.07 Å². The minimum Gasteiger partial charge on any atom is -0.469 e. The van der Waals surface area contributed by atoms with E-state index in [-0.39, 0.29) is 11.4 Å². The fraction of sp³-hybridized carbons (Fsp3) is 0.583. The van der Waals surface area contributed by atoms with Crippen molar-refractivity contribution in [2.24, 2.45) is 5.41 Å². The molecule has 0 amide bonds. The molecule has 1 aromatic heterocycles. The Hall–Kier alpha value is -1.30. The topological polar surface area (TPSA) is 64.1 Å². The number of esters is 1. The molecule has 0 unspecified atom stereocenters. The number of anilines is 1. The van der Waals surface area contributed by atoms with Crippen LogP contribution in [0.25, 0.3) is 0 Å². The van der Waals surface area contributed by atoms with Crippen LogP contribution in [0.15, 0.2) is 17.3 Å². The Labute approximate surface area is 111 Å². The van der Waals surface area contributed by atoms with Crippen LogP contribution in [0.2, 0.25) is 0 Å². The van der Waals surface area contributed by atoms with Gasteiger partial charge in [0.2, 0.25) is 5.95 Å². The van der Waals surface area contributed by atoms with Crippen LogP contribution in [0.4, 0.5) is 5.95 Å². The summed E-state index contributed by atoms with van der Waals surface area (Å²) >= 11 is 1.67. The van der Waals surface area contributed by atoms with Gasteiger partial charge in [-0.2, -0.15) is 0 Å². The van der Waals surface area contributed by atoms with Gasteiger partial charge < -0.3 is 10.1 Å². The Balaban J connectivity index is 1.89. The van der Waals surface area contributed by atoms with Gasteiger partial charge in [0.15, 0.2) is 0 Å². The summed E-state index contributed by atoms with van der Waals surface area (Å²) in [6, 6.07) is 1.89. The van der Waals surface area contributed by atoms with Crippen LogP contribution in [0.5, 0.6) is 0 Å². The number of ether oxygens (including phenoxy) is 1. The highest BCUT2D eigenvalue weighted by atomic mass is 32.2. The molecule has 0 atom stereocenters. The molecule has 0 spiro atoms. The maximum absolute atomic E-state index is 11.3. The van der Waals surface area contributed by atoms with Gasteiger partial charge in [-0.15, -0.1) is 11.8 Å². The van der Waals surface area contributed by atoms with Crippen molar-refractivity contribution in [2.45, 2.75) is 24.3 Å². The van der Waals surface area contributed by atoms with E-state index in [0.717, 1.165) is 23.6 Å². The van der Waals surface area contributed by atoms with Gasteiger partial charge in [-0.25, -0.2) is 9.97 Å². The number of hydrogen-bond donors (Lipinski definition) is 1. The lowest BCUT2D eigenvalue weighted by molar-refractivity contribution is -0.141. The Morgan fingerprint density at radius 2 is 2.39 bits per heavy atom. The van der Waals surface area contributed by atoms with Crippen molar-refractivity contribution in [3.05, 3.63) is 12.3 Å². The van der Waals surface area contributed by atoms with Gasteiger partial charge in [-0.05, 0) is 24.3 Å². The molecule has 1 aromatic rings. The SMILES string of the molecule is CNc1nccc(SCC2(CC(=O)OC)CC2)n1. The standard InChI is InChI=1S/C12H17N3O2S/c1-13-11-14-6-3-9(15-11)18-8-12(4-5-12)7-10(16)17-2/h3,6H,4-5,7-8H2,1-2H3,(H,13,14,15). The monoisotopic (exact) mass is 267 g/mol. The molecule has 2 rings (SSSR count). The quantitative estimate of drug-likeness (QED) is 0.483. The predicted octanol–water partition coefficient (Wildman–Crippen LogP) is 1.95. The molecule has 18 heavy (non-hydrogen) atoms. The van der Waals surface area contributed by atoms with Crippen LogP contribution in [-0.2, 0) is 9.53 Å². The van der Waals surface area contributed by atoms with Gasteiger partial charge >= 0.3 is 5.97 Å². The lowest BCUT2D eigenvalue weighted by Crippen LogP contribution is -2.13. The minimum atomic E-state index is -0.119. The van der Waals surface area contributed by atoms with E-state index < -0.39 is 0 Å². The smallest absolute Gasteiger partial charge is 0.306 e. The zero-order chi connectivity index (χ0) is 13.0. The van der Waals surface area contributed by atoms with Crippen molar-refractivity contribution in [2.75, 3.05) is 25.2 Å². The Kier molecular flexibility index (Phi) is 4.06. The normalized spacial score (nSPS) is 16.1. The summed E-state index contributed by atoms with van der Waals surface area (Å²) in [4.78, 5) is 19.7.